The number of amides is 1. The summed E-state index contributed by atoms with van der Waals surface area (Å²) in [4.78, 5) is 20.8. The Morgan fingerprint density at radius 3 is 2.43 bits per heavy atom. The zero-order valence-electron chi connectivity index (χ0n) is 16.0. The summed E-state index contributed by atoms with van der Waals surface area (Å²) < 4.78 is 5.83. The molecule has 0 saturated carbocycles. The van der Waals surface area contributed by atoms with Gasteiger partial charge in [-0.15, -0.1) is 0 Å². The maximum Gasteiger partial charge on any atom is 0.230 e. The molecule has 0 saturated heterocycles. The molecule has 28 heavy (non-hydrogen) atoms. The van der Waals surface area contributed by atoms with Crippen molar-refractivity contribution in [1.29, 1.82) is 0 Å². The van der Waals surface area contributed by atoms with Gasteiger partial charge in [-0.2, -0.15) is 0 Å². The van der Waals surface area contributed by atoms with E-state index in [0.29, 0.717) is 18.3 Å². The largest absolute Gasteiger partial charge is 0.489 e. The molecule has 0 unspecified atom stereocenters. The number of nitrogens with one attached hydrogen (secondary N) is 1. The quantitative estimate of drug-likeness (QED) is 0.461. The summed E-state index contributed by atoms with van der Waals surface area (Å²) in [6.07, 6.45) is 0. The van der Waals surface area contributed by atoms with Crippen LogP contribution < -0.4 is 10.1 Å². The van der Waals surface area contributed by atoms with Gasteiger partial charge in [0.05, 0.1) is 5.75 Å². The highest BCUT2D eigenvalue weighted by atomic mass is 32.2. The molecule has 144 valence electrons. The molecule has 0 fully saturated rings. The van der Waals surface area contributed by atoms with Crippen molar-refractivity contribution in [3.63, 3.8) is 0 Å². The first-order valence-electron chi connectivity index (χ1n) is 9.06. The molecule has 3 aromatic rings. The molecule has 3 rings (SSSR count). The zero-order chi connectivity index (χ0) is 19.8. The number of aryl methyl sites for hydroxylation is 2. The number of carbonyl (C=O) groups is 1. The van der Waals surface area contributed by atoms with Gasteiger partial charge in [0.25, 0.3) is 0 Å². The third-order valence-electron chi connectivity index (χ3n) is 3.93. The van der Waals surface area contributed by atoms with Crippen molar-refractivity contribution in [2.24, 2.45) is 0 Å². The molecule has 0 spiro atoms. The fraction of sp³-hybridized carbons (Fsp3) is 0.227. The molecule has 5 nitrogen and oxygen atoms in total. The number of ether oxygens (including phenoxy) is 1. The molecule has 0 aliphatic rings. The molecule has 1 heterocycles. The van der Waals surface area contributed by atoms with Gasteiger partial charge in [0, 0.05) is 17.9 Å². The van der Waals surface area contributed by atoms with Gasteiger partial charge < -0.3 is 10.1 Å². The van der Waals surface area contributed by atoms with Crippen LogP contribution in [0.2, 0.25) is 0 Å². The van der Waals surface area contributed by atoms with Crippen LogP contribution in [0.15, 0.2) is 65.8 Å². The second kappa shape index (κ2) is 9.90. The Labute approximate surface area is 169 Å². The van der Waals surface area contributed by atoms with Gasteiger partial charge >= 0.3 is 0 Å². The maximum atomic E-state index is 12.1. The Hall–Kier alpha value is -2.86. The van der Waals surface area contributed by atoms with Crippen LogP contribution in [0.5, 0.6) is 5.75 Å². The second-order valence-corrected chi connectivity index (χ2v) is 7.36. The lowest BCUT2D eigenvalue weighted by Crippen LogP contribution is -2.24. The van der Waals surface area contributed by atoms with Crippen molar-refractivity contribution in [3.05, 3.63) is 83.2 Å². The first-order valence-corrected chi connectivity index (χ1v) is 10.0. The molecule has 1 aromatic heterocycles. The Balaban J connectivity index is 1.46. The van der Waals surface area contributed by atoms with E-state index in [4.69, 9.17) is 4.74 Å². The second-order valence-electron chi connectivity index (χ2n) is 6.42. The van der Waals surface area contributed by atoms with Crippen molar-refractivity contribution in [1.82, 2.24) is 15.3 Å². The highest BCUT2D eigenvalue weighted by Crippen LogP contribution is 2.16. The molecule has 6 heteroatoms. The minimum absolute atomic E-state index is 0.0524. The van der Waals surface area contributed by atoms with E-state index >= 15 is 0 Å². The van der Waals surface area contributed by atoms with Crippen molar-refractivity contribution < 1.29 is 9.53 Å². The van der Waals surface area contributed by atoms with Gasteiger partial charge in [-0.05, 0) is 43.2 Å². The Bertz CT molecular complexity index is 912. The number of nitrogens with zero attached hydrogens (tertiary/aromatic N) is 2. The van der Waals surface area contributed by atoms with E-state index in [1.165, 1.54) is 11.8 Å². The average Bonchev–Trinajstić information content (AvgIpc) is 2.70. The summed E-state index contributed by atoms with van der Waals surface area (Å²) in [6.45, 7) is 4.82. The smallest absolute Gasteiger partial charge is 0.230 e. The number of benzene rings is 2. The monoisotopic (exact) mass is 393 g/mol. The highest BCUT2D eigenvalue weighted by molar-refractivity contribution is 7.99. The van der Waals surface area contributed by atoms with Crippen molar-refractivity contribution in [3.8, 4) is 5.75 Å². The Morgan fingerprint density at radius 2 is 1.68 bits per heavy atom. The van der Waals surface area contributed by atoms with Crippen LogP contribution in [0, 0.1) is 13.8 Å². The third kappa shape index (κ3) is 6.39. The topological polar surface area (TPSA) is 64.1 Å². The molecular formula is C22H23N3O2S. The molecule has 0 aliphatic heterocycles. The van der Waals surface area contributed by atoms with Crippen LogP contribution in [0.25, 0.3) is 0 Å². The van der Waals surface area contributed by atoms with Gasteiger partial charge in [0.2, 0.25) is 5.91 Å². The summed E-state index contributed by atoms with van der Waals surface area (Å²) in [5.74, 6) is 1.02. The molecule has 0 aliphatic carbocycles. The van der Waals surface area contributed by atoms with E-state index in [9.17, 15) is 4.79 Å². The molecule has 0 atom stereocenters. The SMILES string of the molecule is Cc1cc(C)nc(SCC(=O)NCc2cccc(OCc3ccccc3)c2)n1. The van der Waals surface area contributed by atoms with E-state index in [1.807, 2.05) is 74.5 Å². The molecule has 0 bridgehead atoms. The summed E-state index contributed by atoms with van der Waals surface area (Å²) in [5.41, 5.74) is 3.92. The fourth-order valence-electron chi connectivity index (χ4n) is 2.63. The van der Waals surface area contributed by atoms with E-state index < -0.39 is 0 Å². The van der Waals surface area contributed by atoms with Crippen LogP contribution in [-0.2, 0) is 17.9 Å². The van der Waals surface area contributed by atoms with E-state index in [0.717, 1.165) is 28.3 Å². The number of hydrogen-bond acceptors (Lipinski definition) is 5. The lowest BCUT2D eigenvalue weighted by molar-refractivity contribution is -0.118. The predicted molar refractivity (Wildman–Crippen MR) is 111 cm³/mol. The van der Waals surface area contributed by atoms with Crippen molar-refractivity contribution >= 4 is 17.7 Å². The Morgan fingerprint density at radius 1 is 0.964 bits per heavy atom. The van der Waals surface area contributed by atoms with Crippen molar-refractivity contribution in [2.45, 2.75) is 32.2 Å². The molecule has 1 N–H and O–H groups in total. The first-order chi connectivity index (χ1) is 13.6. The molecule has 0 radical (unpaired) electrons. The van der Waals surface area contributed by atoms with E-state index in [2.05, 4.69) is 15.3 Å². The van der Waals surface area contributed by atoms with Crippen LogP contribution in [0.3, 0.4) is 0 Å². The molecular weight excluding hydrogens is 370 g/mol. The van der Waals surface area contributed by atoms with Gasteiger partial charge in [-0.25, -0.2) is 9.97 Å². The lowest BCUT2D eigenvalue weighted by atomic mass is 10.2. The number of thioether (sulfide) groups is 1. The normalized spacial score (nSPS) is 10.5. The Kier molecular flexibility index (Phi) is 7.03. The molecule has 2 aromatic carbocycles. The van der Waals surface area contributed by atoms with Crippen LogP contribution >= 0.6 is 11.8 Å². The van der Waals surface area contributed by atoms with Gasteiger partial charge in [0.1, 0.15) is 12.4 Å². The minimum atomic E-state index is -0.0524. The lowest BCUT2D eigenvalue weighted by Gasteiger charge is -2.09. The number of aromatic nitrogens is 2. The summed E-state index contributed by atoms with van der Waals surface area (Å²) in [6, 6.07) is 19.7. The van der Waals surface area contributed by atoms with Gasteiger partial charge in [0.15, 0.2) is 5.16 Å². The van der Waals surface area contributed by atoms with Crippen LogP contribution in [0.4, 0.5) is 0 Å². The summed E-state index contributed by atoms with van der Waals surface area (Å²) in [7, 11) is 0. The van der Waals surface area contributed by atoms with Gasteiger partial charge in [-0.1, -0.05) is 54.2 Å². The highest BCUT2D eigenvalue weighted by Gasteiger charge is 2.07. The maximum absolute atomic E-state index is 12.1. The van der Waals surface area contributed by atoms with Crippen LogP contribution in [0.1, 0.15) is 22.5 Å². The zero-order valence-corrected chi connectivity index (χ0v) is 16.8. The predicted octanol–water partition coefficient (Wildman–Crippen LogP) is 4.08. The summed E-state index contributed by atoms with van der Waals surface area (Å²) >= 11 is 1.34. The van der Waals surface area contributed by atoms with E-state index in [-0.39, 0.29) is 11.7 Å². The number of rotatable bonds is 8. The summed E-state index contributed by atoms with van der Waals surface area (Å²) in [5, 5.41) is 3.56. The number of carbonyl (C=O) groups excluding carboxylic acids is 1. The average molecular weight is 394 g/mol. The fourth-order valence-corrected chi connectivity index (χ4v) is 3.41. The van der Waals surface area contributed by atoms with Gasteiger partial charge in [-0.3, -0.25) is 4.79 Å². The molecule has 1 amide bonds. The third-order valence-corrected chi connectivity index (χ3v) is 4.78. The van der Waals surface area contributed by atoms with E-state index in [1.54, 1.807) is 0 Å². The van der Waals surface area contributed by atoms with Crippen LogP contribution in [-0.4, -0.2) is 21.6 Å². The number of hydrogen-bond donors (Lipinski definition) is 1. The standard InChI is InChI=1S/C22H23N3O2S/c1-16-11-17(2)25-22(24-16)28-15-21(26)23-13-19-9-6-10-20(12-19)27-14-18-7-4-3-5-8-18/h3-12H,13-15H2,1-2H3,(H,23,26). The van der Waals surface area contributed by atoms with Crippen molar-refractivity contribution in [2.75, 3.05) is 5.75 Å². The minimum Gasteiger partial charge on any atom is -0.489 e. The first kappa shape index (κ1) is 19.9.